The number of hydrogen-bond donors (Lipinski definition) is 1. The highest BCUT2D eigenvalue weighted by Gasteiger charge is 2.36. The molecule has 160 valence electrons. The average Bonchev–Trinajstić information content (AvgIpc) is 2.69. The van der Waals surface area contributed by atoms with Crippen molar-refractivity contribution in [1.82, 2.24) is 5.32 Å². The van der Waals surface area contributed by atoms with Gasteiger partial charge in [0.15, 0.2) is 11.8 Å². The van der Waals surface area contributed by atoms with E-state index in [0.29, 0.717) is 17.7 Å². The molecule has 0 aromatic heterocycles. The highest BCUT2D eigenvalue weighted by atomic mass is 19.4. The number of carbonyl (C=O) groups is 3. The van der Waals surface area contributed by atoms with Crippen molar-refractivity contribution < 1.29 is 36.7 Å². The molecule has 2 rings (SSSR count). The molecule has 5 nitrogen and oxygen atoms in total. The number of rotatable bonds is 7. The molecule has 30 heavy (non-hydrogen) atoms. The average molecular weight is 425 g/mol. The van der Waals surface area contributed by atoms with E-state index in [2.05, 4.69) is 5.32 Å². The maximum Gasteiger partial charge on any atom is 0.419 e. The molecule has 0 bridgehead atoms. The summed E-state index contributed by atoms with van der Waals surface area (Å²) in [7, 11) is 0. The van der Waals surface area contributed by atoms with E-state index >= 15 is 0 Å². The molecule has 0 saturated heterocycles. The molecular weight excluding hydrogens is 406 g/mol. The Labute approximate surface area is 170 Å². The zero-order valence-corrected chi connectivity index (χ0v) is 16.1. The molecule has 0 aliphatic rings. The van der Waals surface area contributed by atoms with Gasteiger partial charge in [0.2, 0.25) is 0 Å². The van der Waals surface area contributed by atoms with Gasteiger partial charge in [0, 0.05) is 11.5 Å². The number of nitrogens with one attached hydrogen (secondary N) is 1. The third-order valence-corrected chi connectivity index (χ3v) is 4.12. The molecule has 0 saturated carbocycles. The SMILES string of the molecule is CC(C)C(=O)C(NC(=O)c1ccc(F)c(C(F)(F)F)c1)C(=O)OCc1ccccc1. The van der Waals surface area contributed by atoms with Crippen LogP contribution in [0.25, 0.3) is 0 Å². The zero-order valence-electron chi connectivity index (χ0n) is 16.1. The Morgan fingerprint density at radius 2 is 1.67 bits per heavy atom. The van der Waals surface area contributed by atoms with Gasteiger partial charge in [-0.1, -0.05) is 44.2 Å². The summed E-state index contributed by atoms with van der Waals surface area (Å²) in [5.41, 5.74) is -1.55. The van der Waals surface area contributed by atoms with Gasteiger partial charge in [-0.05, 0) is 23.8 Å². The number of amides is 1. The van der Waals surface area contributed by atoms with E-state index in [1.54, 1.807) is 30.3 Å². The van der Waals surface area contributed by atoms with Gasteiger partial charge in [0.25, 0.3) is 5.91 Å². The maximum absolute atomic E-state index is 13.4. The molecule has 0 fully saturated rings. The van der Waals surface area contributed by atoms with Crippen LogP contribution in [0, 0.1) is 11.7 Å². The molecule has 1 amide bonds. The molecule has 1 N–H and O–H groups in total. The molecule has 0 aliphatic carbocycles. The minimum Gasteiger partial charge on any atom is -0.459 e. The van der Waals surface area contributed by atoms with Gasteiger partial charge in [-0.25, -0.2) is 9.18 Å². The summed E-state index contributed by atoms with van der Waals surface area (Å²) in [6.45, 7) is 2.82. The molecule has 0 heterocycles. The first kappa shape index (κ1) is 23.1. The summed E-state index contributed by atoms with van der Waals surface area (Å²) in [6.07, 6.45) is -5.01. The second-order valence-corrected chi connectivity index (χ2v) is 6.75. The van der Waals surface area contributed by atoms with Crippen molar-refractivity contribution in [3.8, 4) is 0 Å². The Morgan fingerprint density at radius 3 is 2.23 bits per heavy atom. The summed E-state index contributed by atoms with van der Waals surface area (Å²) in [4.78, 5) is 37.2. The first-order chi connectivity index (χ1) is 14.0. The van der Waals surface area contributed by atoms with Crippen LogP contribution in [-0.2, 0) is 27.1 Å². The number of hydrogen-bond acceptors (Lipinski definition) is 4. The number of ether oxygens (including phenoxy) is 1. The molecule has 9 heteroatoms. The lowest BCUT2D eigenvalue weighted by atomic mass is 10.0. The zero-order chi connectivity index (χ0) is 22.5. The van der Waals surface area contributed by atoms with E-state index in [1.807, 2.05) is 0 Å². The minimum atomic E-state index is -5.01. The number of carbonyl (C=O) groups excluding carboxylic acids is 3. The van der Waals surface area contributed by atoms with E-state index in [4.69, 9.17) is 4.74 Å². The van der Waals surface area contributed by atoms with E-state index in [-0.39, 0.29) is 6.61 Å². The molecule has 2 aromatic carbocycles. The fourth-order valence-corrected chi connectivity index (χ4v) is 2.49. The lowest BCUT2D eigenvalue weighted by molar-refractivity contribution is -0.150. The largest absolute Gasteiger partial charge is 0.459 e. The van der Waals surface area contributed by atoms with Crippen LogP contribution in [0.1, 0.15) is 35.3 Å². The number of Topliss-reactive ketones (excluding diaryl/α,β-unsaturated/α-hetero) is 1. The molecular formula is C21H19F4NO4. The third kappa shape index (κ3) is 5.88. The second kappa shape index (κ2) is 9.51. The second-order valence-electron chi connectivity index (χ2n) is 6.75. The fraction of sp³-hybridized carbons (Fsp3) is 0.286. The smallest absolute Gasteiger partial charge is 0.419 e. The van der Waals surface area contributed by atoms with Crippen LogP contribution in [-0.4, -0.2) is 23.7 Å². The fourth-order valence-electron chi connectivity index (χ4n) is 2.49. The number of esters is 1. The maximum atomic E-state index is 13.4. The van der Waals surface area contributed by atoms with Crippen molar-refractivity contribution >= 4 is 17.7 Å². The van der Waals surface area contributed by atoms with Crippen LogP contribution in [0.2, 0.25) is 0 Å². The first-order valence-corrected chi connectivity index (χ1v) is 8.92. The molecule has 1 atom stereocenters. The quantitative estimate of drug-likeness (QED) is 0.415. The minimum absolute atomic E-state index is 0.161. The molecule has 0 radical (unpaired) electrons. The summed E-state index contributed by atoms with van der Waals surface area (Å²) in [5.74, 6) is -5.09. The predicted molar refractivity (Wildman–Crippen MR) is 98.7 cm³/mol. The number of alkyl halides is 3. The Bertz CT molecular complexity index is 926. The van der Waals surface area contributed by atoms with Gasteiger partial charge in [-0.15, -0.1) is 0 Å². The van der Waals surface area contributed by atoms with Gasteiger partial charge >= 0.3 is 12.1 Å². The predicted octanol–water partition coefficient (Wildman–Crippen LogP) is 3.91. The number of ketones is 1. The Balaban J connectivity index is 2.21. The van der Waals surface area contributed by atoms with Gasteiger partial charge < -0.3 is 10.1 Å². The van der Waals surface area contributed by atoms with Crippen LogP contribution < -0.4 is 5.32 Å². The highest BCUT2D eigenvalue weighted by Crippen LogP contribution is 2.31. The monoisotopic (exact) mass is 425 g/mol. The normalized spacial score (nSPS) is 12.4. The van der Waals surface area contributed by atoms with E-state index in [1.165, 1.54) is 13.8 Å². The van der Waals surface area contributed by atoms with Crippen LogP contribution >= 0.6 is 0 Å². The van der Waals surface area contributed by atoms with Crippen LogP contribution in [0.3, 0.4) is 0 Å². The number of benzene rings is 2. The summed E-state index contributed by atoms with van der Waals surface area (Å²) in [6, 6.07) is 8.47. The molecule has 0 spiro atoms. The van der Waals surface area contributed by atoms with Gasteiger partial charge in [0.05, 0.1) is 5.56 Å². The molecule has 2 aromatic rings. The van der Waals surface area contributed by atoms with Crippen LogP contribution in [0.15, 0.2) is 48.5 Å². The van der Waals surface area contributed by atoms with Crippen molar-refractivity contribution in [2.24, 2.45) is 5.92 Å². The van der Waals surface area contributed by atoms with E-state index in [0.717, 1.165) is 6.07 Å². The lowest BCUT2D eigenvalue weighted by Gasteiger charge is -2.19. The van der Waals surface area contributed by atoms with Crippen molar-refractivity contribution in [1.29, 1.82) is 0 Å². The molecule has 1 unspecified atom stereocenters. The van der Waals surface area contributed by atoms with Crippen LogP contribution in [0.5, 0.6) is 0 Å². The van der Waals surface area contributed by atoms with Crippen molar-refractivity contribution in [2.75, 3.05) is 0 Å². The lowest BCUT2D eigenvalue weighted by Crippen LogP contribution is -2.49. The van der Waals surface area contributed by atoms with E-state index in [9.17, 15) is 31.9 Å². The molecule has 0 aliphatic heterocycles. The van der Waals surface area contributed by atoms with Gasteiger partial charge in [-0.2, -0.15) is 13.2 Å². The van der Waals surface area contributed by atoms with Crippen molar-refractivity contribution in [2.45, 2.75) is 32.7 Å². The van der Waals surface area contributed by atoms with E-state index < -0.39 is 52.7 Å². The van der Waals surface area contributed by atoms with Crippen LogP contribution in [0.4, 0.5) is 17.6 Å². The summed E-state index contributed by atoms with van der Waals surface area (Å²) < 4.78 is 57.2. The topological polar surface area (TPSA) is 72.5 Å². The first-order valence-electron chi connectivity index (χ1n) is 8.92. The number of halogens is 4. The van der Waals surface area contributed by atoms with Crippen molar-refractivity contribution in [3.63, 3.8) is 0 Å². The Kier molecular flexibility index (Phi) is 7.31. The van der Waals surface area contributed by atoms with Gasteiger partial charge in [0.1, 0.15) is 12.4 Å². The Morgan fingerprint density at radius 1 is 1.03 bits per heavy atom. The summed E-state index contributed by atoms with van der Waals surface area (Å²) in [5, 5.41) is 2.10. The van der Waals surface area contributed by atoms with Gasteiger partial charge in [-0.3, -0.25) is 9.59 Å². The summed E-state index contributed by atoms with van der Waals surface area (Å²) >= 11 is 0. The Hall–Kier alpha value is -3.23. The third-order valence-electron chi connectivity index (χ3n) is 4.12. The standard InChI is InChI=1S/C21H19F4NO4/c1-12(2)18(27)17(20(29)30-11-13-6-4-3-5-7-13)26-19(28)14-8-9-16(22)15(10-14)21(23,24)25/h3-10,12,17H,11H2,1-2H3,(H,26,28). The highest BCUT2D eigenvalue weighted by molar-refractivity contribution is 6.08. The van der Waals surface area contributed by atoms with Crippen molar-refractivity contribution in [3.05, 3.63) is 71.0 Å².